The summed E-state index contributed by atoms with van der Waals surface area (Å²) in [6.07, 6.45) is 3.06. The topological polar surface area (TPSA) is 79.9 Å². The second-order valence-electron chi connectivity index (χ2n) is 7.06. The second kappa shape index (κ2) is 8.35. The highest BCUT2D eigenvalue weighted by molar-refractivity contribution is 5.95. The van der Waals surface area contributed by atoms with E-state index >= 15 is 0 Å². The molecule has 1 atom stereocenters. The number of nitrogens with one attached hydrogen (secondary N) is 2. The Morgan fingerprint density at radius 1 is 1.18 bits per heavy atom. The van der Waals surface area contributed by atoms with Gasteiger partial charge < -0.3 is 10.1 Å². The summed E-state index contributed by atoms with van der Waals surface area (Å²) < 4.78 is 5.47. The van der Waals surface area contributed by atoms with Gasteiger partial charge in [0.1, 0.15) is 11.9 Å². The minimum absolute atomic E-state index is 0.0868. The van der Waals surface area contributed by atoms with Crippen molar-refractivity contribution in [1.82, 2.24) is 15.2 Å². The monoisotopic (exact) mass is 376 g/mol. The highest BCUT2D eigenvalue weighted by atomic mass is 16.5. The van der Waals surface area contributed by atoms with Crippen LogP contribution in [0.4, 0.5) is 5.69 Å². The van der Waals surface area contributed by atoms with Gasteiger partial charge in [-0.1, -0.05) is 42.5 Å². The van der Waals surface area contributed by atoms with E-state index in [1.807, 2.05) is 43.3 Å². The number of hydrogen-bond acceptors (Lipinski definition) is 4. The second-order valence-corrected chi connectivity index (χ2v) is 7.06. The first kappa shape index (κ1) is 18.4. The van der Waals surface area contributed by atoms with E-state index < -0.39 is 0 Å². The fraction of sp³-hybridized carbons (Fsp3) is 0.318. The number of hydrogen-bond donors (Lipinski definition) is 2. The molecule has 2 N–H and O–H groups in total. The Kier molecular flexibility index (Phi) is 5.48. The van der Waals surface area contributed by atoms with Gasteiger partial charge in [0.25, 0.3) is 5.91 Å². The van der Waals surface area contributed by atoms with E-state index in [2.05, 4.69) is 32.6 Å². The summed E-state index contributed by atoms with van der Waals surface area (Å²) >= 11 is 0. The van der Waals surface area contributed by atoms with Crippen LogP contribution >= 0.6 is 0 Å². The van der Waals surface area contributed by atoms with Crippen LogP contribution in [-0.2, 0) is 22.4 Å². The number of H-pyrrole nitrogens is 1. The molecule has 1 unspecified atom stereocenters. The van der Waals surface area contributed by atoms with Gasteiger partial charge in [0.2, 0.25) is 0 Å². The minimum atomic E-state index is -0.351. The number of anilines is 1. The van der Waals surface area contributed by atoms with Crippen LogP contribution < -0.4 is 5.32 Å². The Labute approximate surface area is 164 Å². The van der Waals surface area contributed by atoms with E-state index in [0.717, 1.165) is 48.3 Å². The molecule has 6 heteroatoms. The van der Waals surface area contributed by atoms with Gasteiger partial charge in [-0.05, 0) is 43.4 Å². The molecule has 0 aliphatic carbocycles. The lowest BCUT2D eigenvalue weighted by molar-refractivity contribution is -0.124. The number of benzene rings is 2. The fourth-order valence-electron chi connectivity index (χ4n) is 3.45. The molecule has 2 heterocycles. The molecule has 3 aromatic rings. The average Bonchev–Trinajstić information content (AvgIpc) is 3.41. The van der Waals surface area contributed by atoms with Crippen molar-refractivity contribution in [2.24, 2.45) is 0 Å². The molecular weight excluding hydrogens is 352 g/mol. The molecule has 0 saturated carbocycles. The van der Waals surface area contributed by atoms with Crippen LogP contribution in [-0.4, -0.2) is 33.8 Å². The van der Waals surface area contributed by atoms with Crippen molar-refractivity contribution >= 4 is 11.6 Å². The van der Waals surface area contributed by atoms with E-state index in [0.29, 0.717) is 12.4 Å². The quantitative estimate of drug-likeness (QED) is 0.688. The normalized spacial score (nSPS) is 16.2. The highest BCUT2D eigenvalue weighted by Gasteiger charge is 2.24. The van der Waals surface area contributed by atoms with E-state index in [1.165, 1.54) is 5.56 Å². The smallest absolute Gasteiger partial charge is 0.253 e. The van der Waals surface area contributed by atoms with Gasteiger partial charge in [-0.15, -0.1) is 0 Å². The van der Waals surface area contributed by atoms with Crippen LogP contribution in [0.25, 0.3) is 11.4 Å². The number of carbonyl (C=O) groups excluding carboxylic acids is 1. The number of amides is 1. The lowest BCUT2D eigenvalue weighted by atomic mass is 10.1. The van der Waals surface area contributed by atoms with Gasteiger partial charge in [-0.2, -0.15) is 5.10 Å². The van der Waals surface area contributed by atoms with Crippen molar-refractivity contribution in [3.05, 3.63) is 65.5 Å². The van der Waals surface area contributed by atoms with Gasteiger partial charge in [0, 0.05) is 24.3 Å². The first-order valence-corrected chi connectivity index (χ1v) is 9.68. The molecule has 6 nitrogen and oxygen atoms in total. The van der Waals surface area contributed by atoms with Crippen LogP contribution in [0.3, 0.4) is 0 Å². The molecule has 1 aliphatic heterocycles. The van der Waals surface area contributed by atoms with Gasteiger partial charge in [-0.3, -0.25) is 9.89 Å². The van der Waals surface area contributed by atoms with Crippen molar-refractivity contribution in [3.8, 4) is 11.4 Å². The van der Waals surface area contributed by atoms with Crippen LogP contribution in [0, 0.1) is 6.92 Å². The predicted octanol–water partition coefficient (Wildman–Crippen LogP) is 3.68. The molecule has 2 aromatic carbocycles. The molecule has 28 heavy (non-hydrogen) atoms. The number of rotatable bonds is 6. The Hall–Kier alpha value is -2.99. The third-order valence-corrected chi connectivity index (χ3v) is 5.08. The molecule has 1 saturated heterocycles. The molecule has 144 valence electrons. The van der Waals surface area contributed by atoms with Crippen LogP contribution in [0.2, 0.25) is 0 Å². The molecule has 0 spiro atoms. The van der Waals surface area contributed by atoms with Crippen LogP contribution in [0.1, 0.15) is 29.8 Å². The van der Waals surface area contributed by atoms with Crippen molar-refractivity contribution in [3.63, 3.8) is 0 Å². The van der Waals surface area contributed by atoms with Crippen molar-refractivity contribution < 1.29 is 9.53 Å². The zero-order valence-electron chi connectivity index (χ0n) is 15.9. The first-order chi connectivity index (χ1) is 13.7. The Morgan fingerprint density at radius 2 is 2.04 bits per heavy atom. The minimum Gasteiger partial charge on any atom is -0.368 e. The lowest BCUT2D eigenvalue weighted by Gasteiger charge is -2.13. The third kappa shape index (κ3) is 4.12. The Bertz CT molecular complexity index is 946. The molecule has 1 amide bonds. The molecule has 1 aromatic heterocycles. The average molecular weight is 376 g/mol. The maximum absolute atomic E-state index is 12.4. The lowest BCUT2D eigenvalue weighted by Crippen LogP contribution is -2.27. The van der Waals surface area contributed by atoms with Gasteiger partial charge in [0.15, 0.2) is 5.82 Å². The number of aromatic nitrogens is 3. The van der Waals surface area contributed by atoms with Crippen molar-refractivity contribution in [1.29, 1.82) is 0 Å². The maximum atomic E-state index is 12.4. The van der Waals surface area contributed by atoms with E-state index in [9.17, 15) is 4.79 Å². The molecule has 1 aliphatic rings. The zero-order valence-corrected chi connectivity index (χ0v) is 15.9. The number of carbonyl (C=O) groups is 1. The molecule has 0 radical (unpaired) electrons. The van der Waals surface area contributed by atoms with Gasteiger partial charge >= 0.3 is 0 Å². The standard InChI is InChI=1S/C22H24N4O2/c1-15-17(9-5-10-18(15)23-22(27)19-11-6-14-28-19)21-24-20(25-26-21)13-12-16-7-3-2-4-8-16/h2-5,7-10,19H,6,11-14H2,1H3,(H,23,27)(H,24,25,26). The number of aryl methyl sites for hydroxylation is 2. The summed E-state index contributed by atoms with van der Waals surface area (Å²) in [5.41, 5.74) is 3.90. The summed E-state index contributed by atoms with van der Waals surface area (Å²) in [5.74, 6) is 1.41. The van der Waals surface area contributed by atoms with Crippen molar-refractivity contribution in [2.75, 3.05) is 11.9 Å². The largest absolute Gasteiger partial charge is 0.368 e. The van der Waals surface area contributed by atoms with Crippen molar-refractivity contribution in [2.45, 2.75) is 38.7 Å². The number of aromatic amines is 1. The van der Waals surface area contributed by atoms with Crippen LogP contribution in [0.15, 0.2) is 48.5 Å². The molecule has 0 bridgehead atoms. The number of ether oxygens (including phenoxy) is 1. The summed E-state index contributed by atoms with van der Waals surface area (Å²) in [5, 5.41) is 10.4. The zero-order chi connectivity index (χ0) is 19.3. The Balaban J connectivity index is 1.47. The number of nitrogens with zero attached hydrogens (tertiary/aromatic N) is 2. The SMILES string of the molecule is Cc1c(NC(=O)C2CCCO2)cccc1-c1n[nH]c(CCc2ccccc2)n1. The molecule has 1 fully saturated rings. The fourth-order valence-corrected chi connectivity index (χ4v) is 3.45. The summed E-state index contributed by atoms with van der Waals surface area (Å²) in [4.78, 5) is 17.0. The highest BCUT2D eigenvalue weighted by Crippen LogP contribution is 2.27. The van der Waals surface area contributed by atoms with E-state index in [4.69, 9.17) is 4.74 Å². The Morgan fingerprint density at radius 3 is 2.82 bits per heavy atom. The summed E-state index contributed by atoms with van der Waals surface area (Å²) in [6, 6.07) is 16.1. The summed E-state index contributed by atoms with van der Waals surface area (Å²) in [7, 11) is 0. The molecular formula is C22H24N4O2. The van der Waals surface area contributed by atoms with E-state index in [1.54, 1.807) is 0 Å². The van der Waals surface area contributed by atoms with Gasteiger partial charge in [0.05, 0.1) is 0 Å². The maximum Gasteiger partial charge on any atom is 0.253 e. The van der Waals surface area contributed by atoms with Gasteiger partial charge in [-0.25, -0.2) is 4.98 Å². The predicted molar refractivity (Wildman–Crippen MR) is 108 cm³/mol. The third-order valence-electron chi connectivity index (χ3n) is 5.08. The first-order valence-electron chi connectivity index (χ1n) is 9.68. The van der Waals surface area contributed by atoms with Crippen LogP contribution in [0.5, 0.6) is 0 Å². The van der Waals surface area contributed by atoms with E-state index in [-0.39, 0.29) is 12.0 Å². The molecule has 4 rings (SSSR count). The summed E-state index contributed by atoms with van der Waals surface area (Å²) in [6.45, 7) is 2.63.